The highest BCUT2D eigenvalue weighted by atomic mass is 19.1. The van der Waals surface area contributed by atoms with E-state index in [9.17, 15) is 4.39 Å². The maximum Gasteiger partial charge on any atom is 0.129 e. The highest BCUT2D eigenvalue weighted by Gasteiger charge is 1.98. The second-order valence-corrected chi connectivity index (χ2v) is 2.84. The molecule has 0 atom stereocenters. The third-order valence-corrected chi connectivity index (χ3v) is 1.73. The molecule has 0 heterocycles. The second kappa shape index (κ2) is 4.65. The van der Waals surface area contributed by atoms with Gasteiger partial charge in [0.1, 0.15) is 11.6 Å². The molecule has 0 N–H and O–H groups in total. The molecular formula is C11H13FO. The lowest BCUT2D eigenvalue weighted by atomic mass is 10.2. The summed E-state index contributed by atoms with van der Waals surface area (Å²) in [5.41, 5.74) is 0.635. The standard InChI is InChI=1S/C11H13FO/c1-3-4-7-13-10-6-5-9(2)11(12)8-10/h3,5-6,8H,1,4,7H2,2H3. The Labute approximate surface area is 77.8 Å². The lowest BCUT2D eigenvalue weighted by Crippen LogP contribution is -1.96. The molecule has 70 valence electrons. The fourth-order valence-electron chi connectivity index (χ4n) is 0.923. The first kappa shape index (κ1) is 9.78. The zero-order valence-corrected chi connectivity index (χ0v) is 7.72. The number of halogens is 1. The van der Waals surface area contributed by atoms with E-state index in [0.717, 1.165) is 6.42 Å². The molecule has 0 fully saturated rings. The molecule has 0 bridgehead atoms. The van der Waals surface area contributed by atoms with Crippen molar-refractivity contribution in [1.29, 1.82) is 0 Å². The van der Waals surface area contributed by atoms with Crippen LogP contribution in [0.2, 0.25) is 0 Å². The topological polar surface area (TPSA) is 9.23 Å². The molecule has 0 aliphatic carbocycles. The monoisotopic (exact) mass is 180 g/mol. The Bertz CT molecular complexity index is 294. The van der Waals surface area contributed by atoms with Crippen molar-refractivity contribution in [3.8, 4) is 5.75 Å². The Hall–Kier alpha value is -1.31. The molecule has 0 amide bonds. The van der Waals surface area contributed by atoms with Gasteiger partial charge in [-0.1, -0.05) is 12.1 Å². The van der Waals surface area contributed by atoms with E-state index in [1.54, 1.807) is 25.1 Å². The minimum absolute atomic E-state index is 0.226. The van der Waals surface area contributed by atoms with Gasteiger partial charge in [-0.25, -0.2) is 4.39 Å². The van der Waals surface area contributed by atoms with Crippen LogP contribution in [-0.2, 0) is 0 Å². The Balaban J connectivity index is 2.57. The minimum atomic E-state index is -0.226. The van der Waals surface area contributed by atoms with Crippen LogP contribution in [0.25, 0.3) is 0 Å². The van der Waals surface area contributed by atoms with Gasteiger partial charge in [0.25, 0.3) is 0 Å². The van der Waals surface area contributed by atoms with Crippen LogP contribution in [0.3, 0.4) is 0 Å². The van der Waals surface area contributed by atoms with Crippen molar-refractivity contribution in [2.45, 2.75) is 13.3 Å². The van der Waals surface area contributed by atoms with E-state index in [0.29, 0.717) is 17.9 Å². The SMILES string of the molecule is C=CCCOc1ccc(C)c(F)c1. The fourth-order valence-corrected chi connectivity index (χ4v) is 0.923. The molecule has 1 nitrogen and oxygen atoms in total. The quantitative estimate of drug-likeness (QED) is 0.511. The number of aryl methyl sites for hydroxylation is 1. The molecule has 1 rings (SSSR count). The average Bonchev–Trinajstić information content (AvgIpc) is 2.12. The molecule has 0 unspecified atom stereocenters. The van der Waals surface area contributed by atoms with Crippen LogP contribution in [0.5, 0.6) is 5.75 Å². The van der Waals surface area contributed by atoms with Crippen molar-refractivity contribution in [1.82, 2.24) is 0 Å². The summed E-state index contributed by atoms with van der Waals surface area (Å²) in [6.45, 7) is 5.84. The summed E-state index contributed by atoms with van der Waals surface area (Å²) in [6.07, 6.45) is 2.54. The van der Waals surface area contributed by atoms with Crippen LogP contribution in [-0.4, -0.2) is 6.61 Å². The van der Waals surface area contributed by atoms with Gasteiger partial charge in [-0.05, 0) is 25.0 Å². The van der Waals surface area contributed by atoms with E-state index in [-0.39, 0.29) is 5.82 Å². The zero-order valence-electron chi connectivity index (χ0n) is 7.72. The van der Waals surface area contributed by atoms with Gasteiger partial charge < -0.3 is 4.74 Å². The molecule has 0 saturated carbocycles. The average molecular weight is 180 g/mol. The summed E-state index contributed by atoms with van der Waals surface area (Å²) in [5.74, 6) is 0.348. The van der Waals surface area contributed by atoms with Gasteiger partial charge in [-0.2, -0.15) is 0 Å². The van der Waals surface area contributed by atoms with Gasteiger partial charge >= 0.3 is 0 Å². The van der Waals surface area contributed by atoms with Gasteiger partial charge in [0.15, 0.2) is 0 Å². The molecule has 1 aromatic carbocycles. The molecule has 0 aliphatic rings. The van der Waals surface area contributed by atoms with Crippen molar-refractivity contribution in [2.75, 3.05) is 6.61 Å². The van der Waals surface area contributed by atoms with E-state index in [2.05, 4.69) is 6.58 Å². The molecule has 1 aromatic rings. The van der Waals surface area contributed by atoms with Crippen LogP contribution < -0.4 is 4.74 Å². The molecule has 0 spiro atoms. The van der Waals surface area contributed by atoms with E-state index in [1.807, 2.05) is 0 Å². The van der Waals surface area contributed by atoms with E-state index >= 15 is 0 Å². The van der Waals surface area contributed by atoms with Crippen molar-refractivity contribution in [3.05, 3.63) is 42.2 Å². The number of benzene rings is 1. The normalized spacial score (nSPS) is 9.69. The first-order valence-corrected chi connectivity index (χ1v) is 4.24. The minimum Gasteiger partial charge on any atom is -0.493 e. The number of hydrogen-bond acceptors (Lipinski definition) is 1. The van der Waals surface area contributed by atoms with Crippen LogP contribution >= 0.6 is 0 Å². The second-order valence-electron chi connectivity index (χ2n) is 2.84. The van der Waals surface area contributed by atoms with Gasteiger partial charge in [0, 0.05) is 6.07 Å². The molecule has 2 heteroatoms. The Kier molecular flexibility index (Phi) is 3.50. The number of ether oxygens (including phenoxy) is 1. The van der Waals surface area contributed by atoms with Gasteiger partial charge in [-0.15, -0.1) is 6.58 Å². The van der Waals surface area contributed by atoms with Crippen LogP contribution in [0.15, 0.2) is 30.9 Å². The van der Waals surface area contributed by atoms with Gasteiger partial charge in [-0.3, -0.25) is 0 Å². The maximum atomic E-state index is 13.0. The highest BCUT2D eigenvalue weighted by molar-refractivity contribution is 5.27. The van der Waals surface area contributed by atoms with Crippen molar-refractivity contribution < 1.29 is 9.13 Å². The summed E-state index contributed by atoms with van der Waals surface area (Å²) in [7, 11) is 0. The third kappa shape index (κ3) is 2.90. The maximum absolute atomic E-state index is 13.0. The van der Waals surface area contributed by atoms with Crippen LogP contribution in [0.4, 0.5) is 4.39 Å². The molecular weight excluding hydrogens is 167 g/mol. The van der Waals surface area contributed by atoms with Crippen molar-refractivity contribution in [2.24, 2.45) is 0 Å². The Morgan fingerprint density at radius 2 is 2.31 bits per heavy atom. The number of rotatable bonds is 4. The lowest BCUT2D eigenvalue weighted by Gasteiger charge is -2.04. The van der Waals surface area contributed by atoms with Crippen molar-refractivity contribution >= 4 is 0 Å². The van der Waals surface area contributed by atoms with Crippen LogP contribution in [0, 0.1) is 12.7 Å². The predicted octanol–water partition coefficient (Wildman–Crippen LogP) is 3.09. The van der Waals surface area contributed by atoms with E-state index in [1.165, 1.54) is 6.07 Å². The summed E-state index contributed by atoms with van der Waals surface area (Å²) in [4.78, 5) is 0. The largest absolute Gasteiger partial charge is 0.493 e. The summed E-state index contributed by atoms with van der Waals surface area (Å²) in [5, 5.41) is 0. The Morgan fingerprint density at radius 1 is 1.54 bits per heavy atom. The molecule has 0 aliphatic heterocycles. The first-order chi connectivity index (χ1) is 6.24. The summed E-state index contributed by atoms with van der Waals surface area (Å²) < 4.78 is 18.3. The molecule has 0 aromatic heterocycles. The van der Waals surface area contributed by atoms with Crippen LogP contribution in [0.1, 0.15) is 12.0 Å². The third-order valence-electron chi connectivity index (χ3n) is 1.73. The fraction of sp³-hybridized carbons (Fsp3) is 0.273. The molecule has 13 heavy (non-hydrogen) atoms. The smallest absolute Gasteiger partial charge is 0.129 e. The lowest BCUT2D eigenvalue weighted by molar-refractivity contribution is 0.323. The van der Waals surface area contributed by atoms with E-state index < -0.39 is 0 Å². The summed E-state index contributed by atoms with van der Waals surface area (Å²) in [6, 6.07) is 4.87. The zero-order chi connectivity index (χ0) is 9.68. The molecule has 0 radical (unpaired) electrons. The van der Waals surface area contributed by atoms with Gasteiger partial charge in [0.2, 0.25) is 0 Å². The molecule has 0 saturated heterocycles. The number of hydrogen-bond donors (Lipinski definition) is 0. The van der Waals surface area contributed by atoms with Crippen molar-refractivity contribution in [3.63, 3.8) is 0 Å². The van der Waals surface area contributed by atoms with Gasteiger partial charge in [0.05, 0.1) is 6.61 Å². The predicted molar refractivity (Wildman–Crippen MR) is 51.4 cm³/mol. The Morgan fingerprint density at radius 3 is 2.92 bits per heavy atom. The van der Waals surface area contributed by atoms with E-state index in [4.69, 9.17) is 4.74 Å². The first-order valence-electron chi connectivity index (χ1n) is 4.24. The summed E-state index contributed by atoms with van der Waals surface area (Å²) >= 11 is 0. The highest BCUT2D eigenvalue weighted by Crippen LogP contribution is 2.15.